The number of hydrogen-bond acceptors (Lipinski definition) is 7. The summed E-state index contributed by atoms with van der Waals surface area (Å²) in [7, 11) is 0. The number of allylic oxidation sites excluding steroid dienone is 1. The number of hydrogen-bond donors (Lipinski definition) is 0. The topological polar surface area (TPSA) is 113 Å². The van der Waals surface area contributed by atoms with Crippen LogP contribution in [0.4, 0.5) is 11.4 Å². The monoisotopic (exact) mass is 450 g/mol. The lowest BCUT2D eigenvalue weighted by Gasteiger charge is -2.30. The third-order valence-corrected chi connectivity index (χ3v) is 6.24. The maximum Gasteiger partial charge on any atom is 0.270 e. The van der Waals surface area contributed by atoms with Crippen LogP contribution in [-0.4, -0.2) is 45.8 Å². The van der Waals surface area contributed by atoms with Gasteiger partial charge in [-0.1, -0.05) is 29.8 Å². The molecule has 5 rings (SSSR count). The number of amides is 2. The molecule has 9 nitrogen and oxygen atoms in total. The summed E-state index contributed by atoms with van der Waals surface area (Å²) >= 11 is 5.93. The summed E-state index contributed by atoms with van der Waals surface area (Å²) in [5.74, 6) is -3.22. The number of Topliss-reactive ketones (excluding diaryl/α,β-unsaturated/α-hetero) is 1. The van der Waals surface area contributed by atoms with E-state index in [1.807, 2.05) is 0 Å². The molecular weight excluding hydrogens is 436 g/mol. The van der Waals surface area contributed by atoms with Gasteiger partial charge >= 0.3 is 0 Å². The van der Waals surface area contributed by atoms with Gasteiger partial charge in [0, 0.05) is 28.9 Å². The van der Waals surface area contributed by atoms with Crippen LogP contribution in [0, 0.1) is 22.0 Å². The number of anilines is 1. The number of benzene rings is 2. The number of rotatable bonds is 4. The van der Waals surface area contributed by atoms with Crippen LogP contribution in [-0.2, 0) is 9.59 Å². The lowest BCUT2D eigenvalue weighted by Crippen LogP contribution is -2.46. The first-order chi connectivity index (χ1) is 15.4. The lowest BCUT2D eigenvalue weighted by molar-refractivity contribution is -0.384. The highest BCUT2D eigenvalue weighted by Crippen LogP contribution is 2.46. The number of nitrogens with zero attached hydrogens (tertiary/aromatic N) is 4. The van der Waals surface area contributed by atoms with Gasteiger partial charge in [-0.2, -0.15) is 5.10 Å². The van der Waals surface area contributed by atoms with E-state index in [0.717, 1.165) is 4.90 Å². The quantitative estimate of drug-likeness (QED) is 0.306. The summed E-state index contributed by atoms with van der Waals surface area (Å²) in [4.78, 5) is 52.0. The molecule has 0 aliphatic carbocycles. The number of hydrazone groups is 1. The minimum atomic E-state index is -1.07. The second kappa shape index (κ2) is 7.38. The fraction of sp³-hybridized carbons (Fsp3) is 0.182. The fourth-order valence-electron chi connectivity index (χ4n) is 4.63. The highest BCUT2D eigenvalue weighted by molar-refractivity contribution is 6.31. The van der Waals surface area contributed by atoms with Crippen LogP contribution in [0.5, 0.6) is 0 Å². The van der Waals surface area contributed by atoms with Gasteiger partial charge in [-0.25, -0.2) is 4.90 Å². The van der Waals surface area contributed by atoms with Crippen LogP contribution < -0.4 is 4.90 Å². The van der Waals surface area contributed by atoms with Crippen molar-refractivity contribution in [2.75, 3.05) is 4.90 Å². The van der Waals surface area contributed by atoms with E-state index >= 15 is 0 Å². The van der Waals surface area contributed by atoms with Crippen LogP contribution in [0.25, 0.3) is 0 Å². The Kier molecular flexibility index (Phi) is 4.63. The molecule has 3 aliphatic rings. The number of halogens is 1. The van der Waals surface area contributed by atoms with Crippen molar-refractivity contribution in [3.8, 4) is 0 Å². The number of carbonyl (C=O) groups is 3. The van der Waals surface area contributed by atoms with Crippen molar-refractivity contribution in [1.29, 1.82) is 0 Å². The highest BCUT2D eigenvalue weighted by Gasteiger charge is 2.64. The molecule has 0 radical (unpaired) electrons. The molecule has 160 valence electrons. The summed E-state index contributed by atoms with van der Waals surface area (Å²) < 4.78 is 0. The first-order valence-electron chi connectivity index (χ1n) is 9.79. The predicted octanol–water partition coefficient (Wildman–Crippen LogP) is 2.85. The molecule has 3 heterocycles. The average molecular weight is 451 g/mol. The van der Waals surface area contributed by atoms with Crippen LogP contribution in [0.2, 0.25) is 5.02 Å². The largest absolute Gasteiger partial charge is 0.292 e. The molecule has 3 aliphatic heterocycles. The Morgan fingerprint density at radius 3 is 2.50 bits per heavy atom. The molecule has 2 amide bonds. The van der Waals surface area contributed by atoms with E-state index < -0.39 is 46.4 Å². The maximum atomic E-state index is 13.5. The van der Waals surface area contributed by atoms with Gasteiger partial charge in [0.2, 0.25) is 11.8 Å². The van der Waals surface area contributed by atoms with Gasteiger partial charge in [-0.3, -0.25) is 29.5 Å². The van der Waals surface area contributed by atoms with Crippen molar-refractivity contribution in [1.82, 2.24) is 5.01 Å². The van der Waals surface area contributed by atoms with Crippen molar-refractivity contribution >= 4 is 46.8 Å². The smallest absolute Gasteiger partial charge is 0.270 e. The first-order valence-corrected chi connectivity index (χ1v) is 10.2. The SMILES string of the molecule is O=C(c1cccc([N+](=O)[O-])c1)[C@@H]1[C@@H]2C(=O)N(c3ccc(Cl)cc3)C(=O)[C@H]2[C@@H]2C=CC=NN12. The van der Waals surface area contributed by atoms with E-state index in [1.165, 1.54) is 35.5 Å². The predicted molar refractivity (Wildman–Crippen MR) is 115 cm³/mol. The van der Waals surface area contributed by atoms with Gasteiger partial charge in [0.15, 0.2) is 5.78 Å². The molecule has 2 saturated heterocycles. The maximum absolute atomic E-state index is 13.5. The highest BCUT2D eigenvalue weighted by atomic mass is 35.5. The van der Waals surface area contributed by atoms with E-state index in [4.69, 9.17) is 11.6 Å². The van der Waals surface area contributed by atoms with Crippen molar-refractivity contribution in [3.05, 3.63) is 81.4 Å². The van der Waals surface area contributed by atoms with E-state index in [1.54, 1.807) is 36.4 Å². The fourth-order valence-corrected chi connectivity index (χ4v) is 4.75. The number of ketones is 1. The zero-order chi connectivity index (χ0) is 22.6. The molecule has 0 bridgehead atoms. The summed E-state index contributed by atoms with van der Waals surface area (Å²) in [6.07, 6.45) is 4.89. The molecule has 4 atom stereocenters. The zero-order valence-electron chi connectivity index (χ0n) is 16.4. The van der Waals surface area contributed by atoms with Crippen molar-refractivity contribution in [2.45, 2.75) is 12.1 Å². The van der Waals surface area contributed by atoms with Gasteiger partial charge in [0.25, 0.3) is 5.69 Å². The molecule has 32 heavy (non-hydrogen) atoms. The molecule has 10 heteroatoms. The number of fused-ring (bicyclic) bond motifs is 3. The van der Waals surface area contributed by atoms with Crippen LogP contribution in [0.3, 0.4) is 0 Å². The van der Waals surface area contributed by atoms with Crippen molar-refractivity contribution in [3.63, 3.8) is 0 Å². The number of nitro groups is 1. The Balaban J connectivity index is 1.57. The van der Waals surface area contributed by atoms with Crippen LogP contribution in [0.15, 0.2) is 65.8 Å². The van der Waals surface area contributed by atoms with Crippen molar-refractivity contribution < 1.29 is 19.3 Å². The van der Waals surface area contributed by atoms with Crippen molar-refractivity contribution in [2.24, 2.45) is 16.9 Å². The second-order valence-corrected chi connectivity index (χ2v) is 8.11. The molecular formula is C22H15ClN4O5. The Hall–Kier alpha value is -3.85. The van der Waals surface area contributed by atoms with E-state index in [-0.39, 0.29) is 11.3 Å². The number of carbonyl (C=O) groups excluding carboxylic acids is 3. The minimum absolute atomic E-state index is 0.0820. The summed E-state index contributed by atoms with van der Waals surface area (Å²) in [5, 5.41) is 17.4. The number of nitro benzene ring substituents is 1. The lowest BCUT2D eigenvalue weighted by atomic mass is 9.86. The Labute approximate surface area is 186 Å². The summed E-state index contributed by atoms with van der Waals surface area (Å²) in [6, 6.07) is 9.98. The molecule has 2 aromatic carbocycles. The Bertz CT molecular complexity index is 1230. The van der Waals surface area contributed by atoms with E-state index in [2.05, 4.69) is 5.10 Å². The standard InChI is InChI=1S/C22H15ClN4O5/c23-13-6-8-14(9-7-13)25-21(29)17-16-5-2-10-24-26(16)19(18(17)22(25)30)20(28)12-3-1-4-15(11-12)27(31)32/h1-11,16-19H/t16-,17-,18+,19-/m0/s1. The van der Waals surface area contributed by atoms with Crippen LogP contribution >= 0.6 is 11.6 Å². The molecule has 2 fully saturated rings. The van der Waals surface area contributed by atoms with E-state index in [9.17, 15) is 24.5 Å². The minimum Gasteiger partial charge on any atom is -0.292 e. The number of non-ortho nitro benzene ring substituents is 1. The van der Waals surface area contributed by atoms with Gasteiger partial charge in [-0.15, -0.1) is 0 Å². The second-order valence-electron chi connectivity index (χ2n) is 7.68. The molecule has 0 unspecified atom stereocenters. The average Bonchev–Trinajstić information content (AvgIpc) is 3.27. The molecule has 0 saturated carbocycles. The third kappa shape index (κ3) is 2.93. The van der Waals surface area contributed by atoms with E-state index in [0.29, 0.717) is 10.7 Å². The summed E-state index contributed by atoms with van der Waals surface area (Å²) in [6.45, 7) is 0. The molecule has 2 aromatic rings. The van der Waals surface area contributed by atoms with Gasteiger partial charge in [0.05, 0.1) is 28.5 Å². The summed E-state index contributed by atoms with van der Waals surface area (Å²) in [5.41, 5.74) is 0.217. The van der Waals surface area contributed by atoms with Gasteiger partial charge in [0.1, 0.15) is 6.04 Å². The normalized spacial score (nSPS) is 25.8. The third-order valence-electron chi connectivity index (χ3n) is 5.99. The Morgan fingerprint density at radius 2 is 1.78 bits per heavy atom. The molecule has 0 spiro atoms. The first kappa shape index (κ1) is 20.1. The zero-order valence-corrected chi connectivity index (χ0v) is 17.1. The van der Waals surface area contributed by atoms with Gasteiger partial charge in [-0.05, 0) is 30.3 Å². The molecule has 0 aromatic heterocycles. The van der Waals surface area contributed by atoms with Crippen LogP contribution in [0.1, 0.15) is 10.4 Å². The molecule has 0 N–H and O–H groups in total. The van der Waals surface area contributed by atoms with Gasteiger partial charge < -0.3 is 0 Å². The number of imide groups is 1. The Morgan fingerprint density at radius 1 is 1.06 bits per heavy atom.